The summed E-state index contributed by atoms with van der Waals surface area (Å²) in [6, 6.07) is 7.85. The first-order valence-corrected chi connectivity index (χ1v) is 14.9. The minimum Gasteiger partial charge on any atom is -0.490 e. The molecule has 0 spiro atoms. The van der Waals surface area contributed by atoms with E-state index in [4.69, 9.17) is 9.47 Å². The Kier molecular flexibility index (Phi) is 13.7. The Labute approximate surface area is 249 Å². The van der Waals surface area contributed by atoms with Crippen molar-refractivity contribution < 1.29 is 19.1 Å². The van der Waals surface area contributed by atoms with Crippen LogP contribution in [-0.4, -0.2) is 35.2 Å². The number of carbonyl (C=O) groups is 2. The Hall–Kier alpha value is -2.86. The molecule has 1 aromatic carbocycles. The van der Waals surface area contributed by atoms with Gasteiger partial charge in [-0.2, -0.15) is 0 Å². The number of rotatable bonds is 2. The second kappa shape index (κ2) is 16.4. The maximum absolute atomic E-state index is 13.1. The van der Waals surface area contributed by atoms with E-state index in [9.17, 15) is 9.59 Å². The summed E-state index contributed by atoms with van der Waals surface area (Å²) in [6.45, 7) is 14.2. The van der Waals surface area contributed by atoms with Gasteiger partial charge in [0.15, 0.2) is 0 Å². The zero-order valence-corrected chi connectivity index (χ0v) is 26.7. The molecule has 5 nitrogen and oxygen atoms in total. The second-order valence-electron chi connectivity index (χ2n) is 11.7. The second-order valence-corrected chi connectivity index (χ2v) is 12.6. The minimum absolute atomic E-state index is 0.0691. The monoisotopic (exact) mass is 611 g/mol. The lowest BCUT2D eigenvalue weighted by atomic mass is 9.98. The molecule has 2 amide bonds. The van der Waals surface area contributed by atoms with Crippen molar-refractivity contribution in [3.8, 4) is 5.75 Å². The van der Waals surface area contributed by atoms with Crippen molar-refractivity contribution in [2.24, 2.45) is 11.8 Å². The molecule has 0 saturated heterocycles. The van der Waals surface area contributed by atoms with Gasteiger partial charge in [0.25, 0.3) is 5.91 Å². The third kappa shape index (κ3) is 13.0. The lowest BCUT2D eigenvalue weighted by Crippen LogP contribution is -2.42. The van der Waals surface area contributed by atoms with Crippen molar-refractivity contribution in [3.63, 3.8) is 0 Å². The third-order valence-corrected chi connectivity index (χ3v) is 6.95. The highest BCUT2D eigenvalue weighted by atomic mass is 79.9. The van der Waals surface area contributed by atoms with Gasteiger partial charge in [-0.05, 0) is 84.1 Å². The maximum atomic E-state index is 13.1. The van der Waals surface area contributed by atoms with Gasteiger partial charge < -0.3 is 9.47 Å². The molecule has 0 radical (unpaired) electrons. The maximum Gasteiger partial charge on any atom is 0.417 e. The van der Waals surface area contributed by atoms with Gasteiger partial charge in [-0.15, -0.1) is 0 Å². The molecule has 0 aliphatic carbocycles. The van der Waals surface area contributed by atoms with Crippen LogP contribution in [0.15, 0.2) is 88.5 Å². The number of allylic oxidation sites excluding steroid dienone is 7. The summed E-state index contributed by atoms with van der Waals surface area (Å²) >= 11 is 3.48. The van der Waals surface area contributed by atoms with Crippen molar-refractivity contribution in [1.82, 2.24) is 4.90 Å². The lowest BCUT2D eigenvalue weighted by Gasteiger charge is -2.27. The molecule has 3 atom stereocenters. The van der Waals surface area contributed by atoms with E-state index in [2.05, 4.69) is 67.9 Å². The Balaban J connectivity index is 2.34. The fourth-order valence-electron chi connectivity index (χ4n) is 4.22. The largest absolute Gasteiger partial charge is 0.490 e. The van der Waals surface area contributed by atoms with E-state index in [1.807, 2.05) is 36.4 Å². The highest BCUT2D eigenvalue weighted by Gasteiger charge is 2.27. The lowest BCUT2D eigenvalue weighted by molar-refractivity contribution is -0.125. The molecule has 0 unspecified atom stereocenters. The predicted octanol–water partition coefficient (Wildman–Crippen LogP) is 9.37. The van der Waals surface area contributed by atoms with E-state index in [-0.39, 0.29) is 23.8 Å². The zero-order chi connectivity index (χ0) is 29.7. The van der Waals surface area contributed by atoms with E-state index in [1.165, 1.54) is 22.1 Å². The molecule has 0 fully saturated rings. The zero-order valence-electron chi connectivity index (χ0n) is 25.2. The van der Waals surface area contributed by atoms with Gasteiger partial charge in [0.05, 0.1) is 0 Å². The minimum atomic E-state index is -0.688. The van der Waals surface area contributed by atoms with Gasteiger partial charge >= 0.3 is 6.09 Å². The van der Waals surface area contributed by atoms with Crippen LogP contribution in [0.5, 0.6) is 5.75 Å². The van der Waals surface area contributed by atoms with Crippen LogP contribution in [0.4, 0.5) is 4.79 Å². The molecule has 0 saturated carbocycles. The number of benzene rings is 1. The molecule has 1 aromatic rings. The molecule has 0 bridgehead atoms. The smallest absolute Gasteiger partial charge is 0.417 e. The van der Waals surface area contributed by atoms with Crippen LogP contribution < -0.4 is 4.74 Å². The number of imide groups is 1. The molecule has 6 heteroatoms. The topological polar surface area (TPSA) is 55.8 Å². The van der Waals surface area contributed by atoms with Crippen molar-refractivity contribution >= 4 is 27.9 Å². The SMILES string of the molecule is C/C1=C\C=C/CC[C@H](C)CN(C(=O)OC(C)(C)C)C(=O)/C=C/C=C/[C@H](C)[C@@H](Oc2ccc(Br)cc2)C/C=C(\C)C1. The summed E-state index contributed by atoms with van der Waals surface area (Å²) in [6.07, 6.45) is 18.3. The molecule has 40 heavy (non-hydrogen) atoms. The first-order valence-electron chi connectivity index (χ1n) is 14.1. The first kappa shape index (κ1) is 33.3. The molecule has 1 aliphatic heterocycles. The number of ether oxygens (including phenoxy) is 2. The van der Waals surface area contributed by atoms with Crippen molar-refractivity contribution in [2.45, 2.75) is 85.9 Å². The molecule has 0 N–H and O–H groups in total. The first-order chi connectivity index (χ1) is 18.8. The Bertz CT molecular complexity index is 1120. The quantitative estimate of drug-likeness (QED) is 0.312. The van der Waals surface area contributed by atoms with Crippen LogP contribution in [0.3, 0.4) is 0 Å². The van der Waals surface area contributed by atoms with Gasteiger partial charge in [-0.25, -0.2) is 9.69 Å². The van der Waals surface area contributed by atoms with Gasteiger partial charge in [-0.1, -0.05) is 83.5 Å². The van der Waals surface area contributed by atoms with Gasteiger partial charge in [0.2, 0.25) is 0 Å². The highest BCUT2D eigenvalue weighted by Crippen LogP contribution is 2.23. The summed E-state index contributed by atoms with van der Waals surface area (Å²) < 4.78 is 12.9. The molecule has 1 heterocycles. The Morgan fingerprint density at radius 1 is 1.02 bits per heavy atom. The van der Waals surface area contributed by atoms with E-state index < -0.39 is 11.7 Å². The van der Waals surface area contributed by atoms with Crippen LogP contribution >= 0.6 is 15.9 Å². The van der Waals surface area contributed by atoms with E-state index in [0.29, 0.717) is 6.54 Å². The fraction of sp³-hybridized carbons (Fsp3) is 0.471. The molecule has 1 aliphatic rings. The highest BCUT2D eigenvalue weighted by molar-refractivity contribution is 9.10. The molecular formula is C34H46BrNO4. The Morgan fingerprint density at radius 2 is 1.73 bits per heavy atom. The number of halogens is 1. The summed E-state index contributed by atoms with van der Waals surface area (Å²) in [4.78, 5) is 27.2. The van der Waals surface area contributed by atoms with Crippen molar-refractivity contribution in [3.05, 3.63) is 88.5 Å². The molecular weight excluding hydrogens is 566 g/mol. The van der Waals surface area contributed by atoms with Crippen molar-refractivity contribution in [2.75, 3.05) is 6.54 Å². The normalized spacial score (nSPS) is 27.4. The van der Waals surface area contributed by atoms with E-state index >= 15 is 0 Å². The van der Waals surface area contributed by atoms with Gasteiger partial charge in [0.1, 0.15) is 17.5 Å². The van der Waals surface area contributed by atoms with E-state index in [0.717, 1.165) is 35.9 Å². The number of carbonyl (C=O) groups excluding carboxylic acids is 2. The summed E-state index contributed by atoms with van der Waals surface area (Å²) in [5.41, 5.74) is 1.91. The summed E-state index contributed by atoms with van der Waals surface area (Å²) in [7, 11) is 0. The van der Waals surface area contributed by atoms with Crippen LogP contribution in [0.25, 0.3) is 0 Å². The standard InChI is InChI=1S/C34H46BrNO4/c1-25-13-9-8-10-14-27(3)24-36(33(38)40-34(5,6)7)32(37)16-12-11-15-28(4)31(22-17-26(2)23-25)39-30-20-18-29(35)19-21-30/h8-9,11-13,15-21,27-28,31H,10,14,22-24H2,1-7H3/b9-8-,15-11+,16-12+,25-13+,26-17+/t27-,28-,31-/m0/s1. The van der Waals surface area contributed by atoms with Gasteiger partial charge in [-0.3, -0.25) is 4.79 Å². The van der Waals surface area contributed by atoms with E-state index in [1.54, 1.807) is 26.8 Å². The van der Waals surface area contributed by atoms with Crippen LogP contribution in [-0.2, 0) is 9.53 Å². The average Bonchev–Trinajstić information content (AvgIpc) is 2.86. The molecule has 0 aromatic heterocycles. The van der Waals surface area contributed by atoms with Crippen LogP contribution in [0.2, 0.25) is 0 Å². The number of amides is 2. The average molecular weight is 613 g/mol. The van der Waals surface area contributed by atoms with Crippen LogP contribution in [0, 0.1) is 11.8 Å². The Morgan fingerprint density at radius 3 is 2.40 bits per heavy atom. The van der Waals surface area contributed by atoms with Crippen molar-refractivity contribution in [1.29, 1.82) is 0 Å². The van der Waals surface area contributed by atoms with Crippen LogP contribution in [0.1, 0.15) is 74.1 Å². The molecule has 218 valence electrons. The van der Waals surface area contributed by atoms with Gasteiger partial charge in [0, 0.05) is 29.4 Å². The molecule has 2 rings (SSSR count). The third-order valence-electron chi connectivity index (χ3n) is 6.43. The number of hydrogen-bond donors (Lipinski definition) is 0. The number of hydrogen-bond acceptors (Lipinski definition) is 4. The predicted molar refractivity (Wildman–Crippen MR) is 168 cm³/mol. The fourth-order valence-corrected chi connectivity index (χ4v) is 4.49. The number of nitrogens with zero attached hydrogens (tertiary/aromatic N) is 1. The summed E-state index contributed by atoms with van der Waals surface area (Å²) in [5.74, 6) is 0.619. The summed E-state index contributed by atoms with van der Waals surface area (Å²) in [5, 5.41) is 0.